The van der Waals surface area contributed by atoms with Crippen LogP contribution in [0.3, 0.4) is 0 Å². The van der Waals surface area contributed by atoms with Crippen molar-refractivity contribution in [1.82, 2.24) is 29.7 Å². The fraction of sp³-hybridized carbons (Fsp3) is 0.450. The highest BCUT2D eigenvalue weighted by Gasteiger charge is 2.32. The van der Waals surface area contributed by atoms with Gasteiger partial charge in [-0.1, -0.05) is 45.0 Å². The number of anilines is 2. The van der Waals surface area contributed by atoms with E-state index in [-0.39, 0.29) is 42.6 Å². The highest BCUT2D eigenvalue weighted by molar-refractivity contribution is 7.85. The minimum Gasteiger partial charge on any atom is -0.491 e. The van der Waals surface area contributed by atoms with Gasteiger partial charge in [0.2, 0.25) is 5.95 Å². The number of halogens is 1. The molecule has 7 rings (SSSR count). The smallest absolute Gasteiger partial charge is 0.320 e. The minimum absolute atomic E-state index is 0.0390. The van der Waals surface area contributed by atoms with E-state index in [1.54, 1.807) is 6.07 Å². The van der Waals surface area contributed by atoms with Gasteiger partial charge in [-0.25, -0.2) is 13.9 Å². The van der Waals surface area contributed by atoms with Crippen molar-refractivity contribution in [3.8, 4) is 17.2 Å². The molecule has 16 heteroatoms. The second kappa shape index (κ2) is 15.7. The SMILES string of the molecule is C[C@@H]1CCC[C@H](C)N1c1nnc2ccc(O[C@@H]3CC[C@H](NC(=O)Nc4cc(C(C)(C)C)nn4-c4cc(OCCOS(C)(=O)=O)ccc4F)c4ccccc43)cn12. The van der Waals surface area contributed by atoms with E-state index in [4.69, 9.17) is 13.7 Å². The van der Waals surface area contributed by atoms with Crippen LogP contribution in [0.4, 0.5) is 21.0 Å². The van der Waals surface area contributed by atoms with Crippen LogP contribution >= 0.6 is 0 Å². The summed E-state index contributed by atoms with van der Waals surface area (Å²) in [5, 5.41) is 19.7. The first-order valence-corrected chi connectivity index (χ1v) is 20.8. The summed E-state index contributed by atoms with van der Waals surface area (Å²) in [5.74, 6) is 1.45. The second-order valence-corrected chi connectivity index (χ2v) is 17.3. The number of ether oxygens (including phenoxy) is 2. The first-order valence-electron chi connectivity index (χ1n) is 19.0. The molecule has 1 aliphatic carbocycles. The maximum absolute atomic E-state index is 15.4. The van der Waals surface area contributed by atoms with Gasteiger partial charge in [-0.2, -0.15) is 13.5 Å². The summed E-state index contributed by atoms with van der Waals surface area (Å²) in [6.07, 6.45) is 7.35. The summed E-state index contributed by atoms with van der Waals surface area (Å²) in [5.41, 5.74) is 2.92. The van der Waals surface area contributed by atoms with E-state index in [2.05, 4.69) is 44.7 Å². The number of hydrogen-bond acceptors (Lipinski definition) is 10. The van der Waals surface area contributed by atoms with Gasteiger partial charge in [0.15, 0.2) is 5.65 Å². The second-order valence-electron chi connectivity index (χ2n) is 15.7. The Balaban J connectivity index is 1.08. The van der Waals surface area contributed by atoms with E-state index in [0.29, 0.717) is 36.4 Å². The lowest BCUT2D eigenvalue weighted by Crippen LogP contribution is -2.44. The van der Waals surface area contributed by atoms with Crippen LogP contribution in [0.25, 0.3) is 11.3 Å². The zero-order chi connectivity index (χ0) is 39.8. The highest BCUT2D eigenvalue weighted by Crippen LogP contribution is 2.39. The van der Waals surface area contributed by atoms with Crippen LogP contribution in [0.2, 0.25) is 0 Å². The van der Waals surface area contributed by atoms with Gasteiger partial charge in [-0.15, -0.1) is 10.2 Å². The van der Waals surface area contributed by atoms with Crippen LogP contribution in [0.5, 0.6) is 11.5 Å². The molecule has 5 aromatic rings. The van der Waals surface area contributed by atoms with Gasteiger partial charge in [0, 0.05) is 29.6 Å². The first kappa shape index (κ1) is 39.0. The molecule has 0 spiro atoms. The number of urea groups is 1. The molecule has 14 nitrogen and oxygen atoms in total. The number of piperidine rings is 1. The average Bonchev–Trinajstić information content (AvgIpc) is 3.76. The number of carbonyl (C=O) groups excluding carboxylic acids is 1. The molecule has 2 aliphatic rings. The number of carbonyl (C=O) groups is 1. The van der Waals surface area contributed by atoms with Crippen LogP contribution in [0.15, 0.2) is 66.9 Å². The predicted octanol–water partition coefficient (Wildman–Crippen LogP) is 7.25. The maximum atomic E-state index is 15.4. The standard InChI is InChI=1S/C40H49FN8O6S/c1-25-10-9-11-26(2)48(25)39-45-44-36-19-15-28(24-47(36)39)55-34-18-17-32(29-12-7-8-13-30(29)34)42-38(50)43-37-23-35(40(3,4)5)46-49(37)33-22-27(14-16-31(33)41)53-20-21-54-56(6,51)52/h7-8,12-16,19,22-26,32,34H,9-11,17-18,20-21H2,1-6H3,(H2,42,43,50)/t25-,26+,32-,34+/m0/s1. The third kappa shape index (κ3) is 8.60. The zero-order valence-electron chi connectivity index (χ0n) is 32.5. The third-order valence-corrected chi connectivity index (χ3v) is 10.9. The molecule has 1 fully saturated rings. The average molecular weight is 789 g/mol. The van der Waals surface area contributed by atoms with Gasteiger partial charge < -0.3 is 19.7 Å². The Morgan fingerprint density at radius 3 is 2.39 bits per heavy atom. The molecule has 0 saturated carbocycles. The van der Waals surface area contributed by atoms with Crippen molar-refractivity contribution in [2.24, 2.45) is 0 Å². The molecular formula is C40H49FN8O6S. The molecule has 0 unspecified atom stereocenters. The zero-order valence-corrected chi connectivity index (χ0v) is 33.3. The van der Waals surface area contributed by atoms with E-state index < -0.39 is 27.4 Å². The Kier molecular flexibility index (Phi) is 11.0. The number of pyridine rings is 1. The van der Waals surface area contributed by atoms with Gasteiger partial charge in [0.1, 0.15) is 48.1 Å². The third-order valence-electron chi connectivity index (χ3n) is 10.3. The van der Waals surface area contributed by atoms with E-state index >= 15 is 4.39 Å². The summed E-state index contributed by atoms with van der Waals surface area (Å²) < 4.78 is 58.4. The van der Waals surface area contributed by atoms with E-state index in [9.17, 15) is 13.2 Å². The van der Waals surface area contributed by atoms with Crippen molar-refractivity contribution >= 4 is 33.6 Å². The lowest BCUT2D eigenvalue weighted by Gasteiger charge is -2.39. The first-order chi connectivity index (χ1) is 26.6. The molecule has 0 radical (unpaired) electrons. The summed E-state index contributed by atoms with van der Waals surface area (Å²) in [7, 11) is -3.63. The summed E-state index contributed by atoms with van der Waals surface area (Å²) in [6.45, 7) is 10.1. The Morgan fingerprint density at radius 2 is 1.66 bits per heavy atom. The number of aromatic nitrogens is 5. The van der Waals surface area contributed by atoms with Crippen LogP contribution in [0, 0.1) is 5.82 Å². The van der Waals surface area contributed by atoms with Crippen molar-refractivity contribution in [3.05, 3.63) is 89.5 Å². The fourth-order valence-corrected chi connectivity index (χ4v) is 7.90. The molecule has 1 saturated heterocycles. The number of hydrogen-bond donors (Lipinski definition) is 2. The van der Waals surface area contributed by atoms with Crippen LogP contribution in [-0.4, -0.2) is 70.4 Å². The normalized spacial score (nSPS) is 20.1. The number of amides is 2. The van der Waals surface area contributed by atoms with Crippen molar-refractivity contribution in [3.63, 3.8) is 0 Å². The number of rotatable bonds is 11. The Hall–Kier alpha value is -5.22. The van der Waals surface area contributed by atoms with Gasteiger partial charge in [0.05, 0.1) is 24.2 Å². The number of nitrogens with one attached hydrogen (secondary N) is 2. The molecule has 0 bridgehead atoms. The van der Waals surface area contributed by atoms with E-state index in [0.717, 1.165) is 41.8 Å². The molecule has 1 aliphatic heterocycles. The molecule has 2 aromatic carbocycles. The van der Waals surface area contributed by atoms with Crippen LogP contribution in [0.1, 0.15) is 95.7 Å². The molecule has 298 valence electrons. The number of nitrogens with zero attached hydrogens (tertiary/aromatic N) is 6. The van der Waals surface area contributed by atoms with Crippen molar-refractivity contribution in [2.45, 2.75) is 96.4 Å². The Morgan fingerprint density at radius 1 is 0.929 bits per heavy atom. The van der Waals surface area contributed by atoms with Gasteiger partial charge in [0.25, 0.3) is 10.1 Å². The molecular weight excluding hydrogens is 740 g/mol. The van der Waals surface area contributed by atoms with Gasteiger partial charge in [-0.05, 0) is 81.3 Å². The monoisotopic (exact) mass is 788 g/mol. The molecule has 4 heterocycles. The molecule has 4 atom stereocenters. The maximum Gasteiger partial charge on any atom is 0.320 e. The Bertz CT molecular complexity index is 2310. The van der Waals surface area contributed by atoms with E-state index in [1.807, 2.05) is 67.8 Å². The van der Waals surface area contributed by atoms with Gasteiger partial charge >= 0.3 is 6.03 Å². The number of fused-ring (bicyclic) bond motifs is 2. The molecule has 2 amide bonds. The van der Waals surface area contributed by atoms with Crippen molar-refractivity contribution in [2.75, 3.05) is 29.7 Å². The minimum atomic E-state index is -3.63. The summed E-state index contributed by atoms with van der Waals surface area (Å²) in [4.78, 5) is 16.1. The van der Waals surface area contributed by atoms with Gasteiger partial charge in [-0.3, -0.25) is 13.9 Å². The quantitative estimate of drug-likeness (QED) is 0.103. The fourth-order valence-electron chi connectivity index (χ4n) is 7.53. The lowest BCUT2D eigenvalue weighted by atomic mass is 9.85. The van der Waals surface area contributed by atoms with Crippen molar-refractivity contribution < 1.29 is 31.3 Å². The summed E-state index contributed by atoms with van der Waals surface area (Å²) >= 11 is 0. The highest BCUT2D eigenvalue weighted by atomic mass is 32.2. The molecule has 56 heavy (non-hydrogen) atoms. The van der Waals surface area contributed by atoms with Crippen molar-refractivity contribution in [1.29, 1.82) is 0 Å². The van der Waals surface area contributed by atoms with Crippen LogP contribution in [-0.2, 0) is 19.7 Å². The van der Waals surface area contributed by atoms with E-state index in [1.165, 1.54) is 29.3 Å². The summed E-state index contributed by atoms with van der Waals surface area (Å²) in [6, 6.07) is 17.5. The molecule has 3 aromatic heterocycles. The predicted molar refractivity (Wildman–Crippen MR) is 211 cm³/mol. The lowest BCUT2D eigenvalue weighted by molar-refractivity contribution is 0.171. The molecule has 2 N–H and O–H groups in total. The largest absolute Gasteiger partial charge is 0.491 e. The topological polar surface area (TPSA) is 154 Å². The van der Waals surface area contributed by atoms with Crippen LogP contribution < -0.4 is 25.0 Å². The number of benzene rings is 2. The Labute approximate surface area is 326 Å².